The molecule has 2 N–H and O–H groups in total. The minimum Gasteiger partial charge on any atom is -0.490 e. The van der Waals surface area contributed by atoms with Crippen molar-refractivity contribution in [3.05, 3.63) is 17.7 Å². The fraction of sp³-hybridized carbons (Fsp3) is 0.774. The molecule has 0 spiro atoms. The first-order valence-corrected chi connectivity index (χ1v) is 14.9. The second kappa shape index (κ2) is 22.7. The van der Waals surface area contributed by atoms with Crippen LogP contribution in [0.3, 0.4) is 0 Å². The maximum atomic E-state index is 11.3. The number of carbonyl (C=O) groups is 1. The standard InChI is InChI=1S/C31H55NO3/c1-3-5-7-9-11-13-15-17-19-21-25-34-29-24-23-28(27-33)30(32)31(29)35-26-22-20-18-16-14-12-10-8-6-4-2/h23-24,27H,3-22,25-26,32H2,1-2H3. The van der Waals surface area contributed by atoms with Gasteiger partial charge >= 0.3 is 0 Å². The molecule has 0 unspecified atom stereocenters. The molecule has 0 aliphatic heterocycles. The summed E-state index contributed by atoms with van der Waals surface area (Å²) in [5.74, 6) is 1.20. The van der Waals surface area contributed by atoms with Crippen LogP contribution in [0.5, 0.6) is 11.5 Å². The van der Waals surface area contributed by atoms with E-state index >= 15 is 0 Å². The van der Waals surface area contributed by atoms with Crippen molar-refractivity contribution in [2.45, 2.75) is 142 Å². The number of ether oxygens (including phenoxy) is 2. The normalized spacial score (nSPS) is 11.0. The SMILES string of the molecule is CCCCCCCCCCCCOc1ccc(C=O)c(N)c1OCCCCCCCCCCCC. The molecular formula is C31H55NO3. The van der Waals surface area contributed by atoms with Gasteiger partial charge in [0.05, 0.1) is 18.9 Å². The van der Waals surface area contributed by atoms with Gasteiger partial charge in [0.15, 0.2) is 17.8 Å². The summed E-state index contributed by atoms with van der Waals surface area (Å²) in [6, 6.07) is 3.55. The Hall–Kier alpha value is -1.71. The number of hydrogen-bond acceptors (Lipinski definition) is 4. The average molecular weight is 490 g/mol. The minimum atomic E-state index is 0.396. The van der Waals surface area contributed by atoms with Crippen LogP contribution < -0.4 is 15.2 Å². The number of unbranched alkanes of at least 4 members (excludes halogenated alkanes) is 18. The van der Waals surface area contributed by atoms with Gasteiger partial charge in [0.2, 0.25) is 0 Å². The van der Waals surface area contributed by atoms with Crippen molar-refractivity contribution in [3.63, 3.8) is 0 Å². The smallest absolute Gasteiger partial charge is 0.184 e. The van der Waals surface area contributed by atoms with Crippen LogP contribution in [0, 0.1) is 0 Å². The third-order valence-corrected chi connectivity index (χ3v) is 6.82. The number of benzene rings is 1. The summed E-state index contributed by atoms with van der Waals surface area (Å²) >= 11 is 0. The number of nitrogen functional groups attached to an aromatic ring is 1. The molecule has 0 saturated carbocycles. The lowest BCUT2D eigenvalue weighted by Gasteiger charge is -2.16. The third kappa shape index (κ3) is 15.8. The fourth-order valence-corrected chi connectivity index (χ4v) is 4.50. The number of carbonyl (C=O) groups excluding carboxylic acids is 1. The van der Waals surface area contributed by atoms with Crippen LogP contribution in [0.15, 0.2) is 12.1 Å². The van der Waals surface area contributed by atoms with Gasteiger partial charge < -0.3 is 15.2 Å². The van der Waals surface area contributed by atoms with Crippen LogP contribution in [-0.4, -0.2) is 19.5 Å². The van der Waals surface area contributed by atoms with Crippen LogP contribution >= 0.6 is 0 Å². The molecule has 0 aromatic heterocycles. The molecule has 0 aliphatic carbocycles. The fourth-order valence-electron chi connectivity index (χ4n) is 4.50. The first-order valence-electron chi connectivity index (χ1n) is 14.9. The highest BCUT2D eigenvalue weighted by Gasteiger charge is 2.13. The van der Waals surface area contributed by atoms with E-state index in [1.807, 2.05) is 6.07 Å². The van der Waals surface area contributed by atoms with Gasteiger partial charge in [0, 0.05) is 5.56 Å². The summed E-state index contributed by atoms with van der Waals surface area (Å²) in [5, 5.41) is 0. The lowest BCUT2D eigenvalue weighted by molar-refractivity contribution is 0.112. The van der Waals surface area contributed by atoms with Gasteiger partial charge in [-0.05, 0) is 25.0 Å². The largest absolute Gasteiger partial charge is 0.490 e. The number of rotatable bonds is 25. The molecule has 0 aliphatic rings. The molecule has 1 rings (SSSR count). The van der Waals surface area contributed by atoms with E-state index in [0.29, 0.717) is 36.0 Å². The van der Waals surface area contributed by atoms with Gasteiger partial charge in [-0.1, -0.05) is 129 Å². The van der Waals surface area contributed by atoms with E-state index in [2.05, 4.69) is 13.8 Å². The Morgan fingerprint density at radius 2 is 1.00 bits per heavy atom. The Morgan fingerprint density at radius 1 is 0.600 bits per heavy atom. The predicted octanol–water partition coefficient (Wildman–Crippen LogP) is 9.68. The summed E-state index contributed by atoms with van der Waals surface area (Å²) in [4.78, 5) is 11.3. The third-order valence-electron chi connectivity index (χ3n) is 6.82. The molecular weight excluding hydrogens is 434 g/mol. The predicted molar refractivity (Wildman–Crippen MR) is 151 cm³/mol. The molecule has 0 heterocycles. The van der Waals surface area contributed by atoms with E-state index in [4.69, 9.17) is 15.2 Å². The lowest BCUT2D eigenvalue weighted by Crippen LogP contribution is -2.06. The van der Waals surface area contributed by atoms with E-state index in [1.165, 1.54) is 109 Å². The Labute approximate surface area is 216 Å². The Kier molecular flexibility index (Phi) is 20.3. The van der Waals surface area contributed by atoms with Crippen molar-refractivity contribution < 1.29 is 14.3 Å². The molecule has 1 aromatic carbocycles. The Bertz CT molecular complexity index is 632. The number of hydrogen-bond donors (Lipinski definition) is 1. The molecule has 0 bridgehead atoms. The minimum absolute atomic E-state index is 0.396. The van der Waals surface area contributed by atoms with Crippen molar-refractivity contribution in [3.8, 4) is 11.5 Å². The highest BCUT2D eigenvalue weighted by molar-refractivity contribution is 5.87. The maximum Gasteiger partial charge on any atom is 0.184 e. The zero-order valence-corrected chi connectivity index (χ0v) is 23.1. The molecule has 4 nitrogen and oxygen atoms in total. The Balaban J connectivity index is 2.23. The molecule has 0 saturated heterocycles. The number of anilines is 1. The number of aldehydes is 1. The van der Waals surface area contributed by atoms with Crippen LogP contribution in [0.4, 0.5) is 5.69 Å². The van der Waals surface area contributed by atoms with Crippen LogP contribution in [0.25, 0.3) is 0 Å². The van der Waals surface area contributed by atoms with Gasteiger partial charge in [-0.25, -0.2) is 0 Å². The molecule has 35 heavy (non-hydrogen) atoms. The van der Waals surface area contributed by atoms with E-state index < -0.39 is 0 Å². The first-order chi connectivity index (χ1) is 17.2. The van der Waals surface area contributed by atoms with Crippen molar-refractivity contribution in [2.24, 2.45) is 0 Å². The van der Waals surface area contributed by atoms with Crippen molar-refractivity contribution in [2.75, 3.05) is 18.9 Å². The summed E-state index contributed by atoms with van der Waals surface area (Å²) in [7, 11) is 0. The molecule has 4 heteroatoms. The molecule has 0 radical (unpaired) electrons. The van der Waals surface area contributed by atoms with Crippen LogP contribution in [0.2, 0.25) is 0 Å². The van der Waals surface area contributed by atoms with Gasteiger partial charge in [-0.15, -0.1) is 0 Å². The van der Waals surface area contributed by atoms with Gasteiger partial charge in [0.25, 0.3) is 0 Å². The summed E-state index contributed by atoms with van der Waals surface area (Å²) in [6.07, 6.45) is 26.7. The Morgan fingerprint density at radius 3 is 1.43 bits per heavy atom. The van der Waals surface area contributed by atoms with E-state index in [0.717, 1.165) is 25.5 Å². The first kappa shape index (κ1) is 31.3. The molecule has 0 fully saturated rings. The molecule has 0 amide bonds. The zero-order valence-electron chi connectivity index (χ0n) is 23.1. The van der Waals surface area contributed by atoms with Gasteiger partial charge in [-0.2, -0.15) is 0 Å². The van der Waals surface area contributed by atoms with Gasteiger partial charge in [0.1, 0.15) is 0 Å². The second-order valence-electron chi connectivity index (χ2n) is 10.1. The van der Waals surface area contributed by atoms with E-state index in [-0.39, 0.29) is 0 Å². The summed E-state index contributed by atoms with van der Waals surface area (Å²) < 4.78 is 12.0. The molecule has 202 valence electrons. The zero-order chi connectivity index (χ0) is 25.4. The highest BCUT2D eigenvalue weighted by atomic mass is 16.5. The van der Waals surface area contributed by atoms with E-state index in [1.54, 1.807) is 6.07 Å². The molecule has 0 atom stereocenters. The van der Waals surface area contributed by atoms with Crippen molar-refractivity contribution in [1.29, 1.82) is 0 Å². The van der Waals surface area contributed by atoms with Crippen molar-refractivity contribution >= 4 is 12.0 Å². The van der Waals surface area contributed by atoms with Crippen molar-refractivity contribution in [1.82, 2.24) is 0 Å². The second-order valence-corrected chi connectivity index (χ2v) is 10.1. The average Bonchev–Trinajstić information content (AvgIpc) is 2.87. The van der Waals surface area contributed by atoms with Gasteiger partial charge in [-0.3, -0.25) is 4.79 Å². The highest BCUT2D eigenvalue weighted by Crippen LogP contribution is 2.36. The van der Waals surface area contributed by atoms with E-state index in [9.17, 15) is 4.79 Å². The topological polar surface area (TPSA) is 61.5 Å². The lowest BCUT2D eigenvalue weighted by atomic mass is 10.1. The maximum absolute atomic E-state index is 11.3. The van der Waals surface area contributed by atoms with Crippen LogP contribution in [0.1, 0.15) is 153 Å². The quantitative estimate of drug-likeness (QED) is 0.0843. The number of nitrogens with two attached hydrogens (primary N) is 1. The van der Waals surface area contributed by atoms with Crippen LogP contribution in [-0.2, 0) is 0 Å². The molecule has 1 aromatic rings. The monoisotopic (exact) mass is 489 g/mol. The summed E-state index contributed by atoms with van der Waals surface area (Å²) in [6.45, 7) is 5.79. The summed E-state index contributed by atoms with van der Waals surface area (Å²) in [5.41, 5.74) is 7.08.